The van der Waals surface area contributed by atoms with Crippen LogP contribution in [0.4, 0.5) is 24.8 Å². The minimum absolute atomic E-state index is 0.0783. The van der Waals surface area contributed by atoms with Gasteiger partial charge in [0, 0.05) is 11.1 Å². The van der Waals surface area contributed by atoms with Gasteiger partial charge in [0.05, 0.1) is 12.7 Å². The molecule has 0 aliphatic carbocycles. The van der Waals surface area contributed by atoms with Gasteiger partial charge in [0.15, 0.2) is 0 Å². The number of benzene rings is 2. The number of anilines is 2. The molecule has 1 heterocycles. The number of nitrogens with zero attached hydrogens (tertiary/aromatic N) is 1. The molecule has 8 heteroatoms. The lowest BCUT2D eigenvalue weighted by Gasteiger charge is -2.16. The summed E-state index contributed by atoms with van der Waals surface area (Å²) in [6, 6.07) is 13.3. The Kier molecular flexibility index (Phi) is 5.45. The Balaban J connectivity index is 1.92. The third kappa shape index (κ3) is 4.48. The molecule has 3 N–H and O–H groups in total. The summed E-state index contributed by atoms with van der Waals surface area (Å²) in [4.78, 5) is 16.3. The summed E-state index contributed by atoms with van der Waals surface area (Å²) < 4.78 is 45.3. The minimum atomic E-state index is -4.60. The van der Waals surface area contributed by atoms with Crippen molar-refractivity contribution in [2.75, 3.05) is 18.2 Å². The second-order valence-electron chi connectivity index (χ2n) is 6.36. The largest absolute Gasteiger partial charge is 0.497 e. The number of nitrogens with two attached hydrogens (primary N) is 1. The number of alkyl halides is 3. The minimum Gasteiger partial charge on any atom is -0.497 e. The fraction of sp³-hybridized carbons (Fsp3) is 0.143. The van der Waals surface area contributed by atoms with Crippen molar-refractivity contribution in [3.05, 3.63) is 71.3 Å². The monoisotopic (exact) mass is 401 g/mol. The van der Waals surface area contributed by atoms with Gasteiger partial charge in [-0.25, -0.2) is 4.98 Å². The number of carbonyl (C=O) groups is 1. The maximum atomic E-state index is 13.5. The van der Waals surface area contributed by atoms with Crippen LogP contribution in [0.2, 0.25) is 0 Å². The summed E-state index contributed by atoms with van der Waals surface area (Å²) in [5.74, 6) is -0.319. The van der Waals surface area contributed by atoms with E-state index in [9.17, 15) is 18.0 Å². The van der Waals surface area contributed by atoms with Crippen LogP contribution in [0.15, 0.2) is 54.6 Å². The van der Waals surface area contributed by atoms with E-state index in [1.54, 1.807) is 24.3 Å². The second-order valence-corrected chi connectivity index (χ2v) is 6.36. The highest BCUT2D eigenvalue weighted by atomic mass is 19.4. The van der Waals surface area contributed by atoms with E-state index in [4.69, 9.17) is 10.5 Å². The molecule has 0 spiro atoms. The van der Waals surface area contributed by atoms with Crippen LogP contribution in [0, 0.1) is 6.92 Å². The number of rotatable bonds is 4. The number of hydrogen-bond donors (Lipinski definition) is 2. The van der Waals surface area contributed by atoms with Crippen molar-refractivity contribution in [2.24, 2.45) is 0 Å². The predicted octanol–water partition coefficient (Wildman–Crippen LogP) is 4.92. The molecule has 3 rings (SSSR count). The van der Waals surface area contributed by atoms with Crippen LogP contribution in [-0.4, -0.2) is 18.0 Å². The number of pyridine rings is 1. The molecule has 29 heavy (non-hydrogen) atoms. The van der Waals surface area contributed by atoms with Crippen LogP contribution in [0.25, 0.3) is 11.1 Å². The zero-order valence-corrected chi connectivity index (χ0v) is 15.7. The lowest BCUT2D eigenvalue weighted by Crippen LogP contribution is -2.14. The summed E-state index contributed by atoms with van der Waals surface area (Å²) in [5.41, 5.74) is 6.43. The first kappa shape index (κ1) is 20.2. The van der Waals surface area contributed by atoms with E-state index in [2.05, 4.69) is 10.3 Å². The molecule has 1 aromatic heterocycles. The number of aryl methyl sites for hydroxylation is 1. The average Bonchev–Trinajstić information content (AvgIpc) is 2.67. The van der Waals surface area contributed by atoms with E-state index < -0.39 is 17.6 Å². The molecule has 0 aliphatic rings. The number of nitrogens with one attached hydrogen (secondary N) is 1. The maximum Gasteiger partial charge on any atom is 0.417 e. The van der Waals surface area contributed by atoms with Gasteiger partial charge in [0.2, 0.25) is 0 Å². The second kappa shape index (κ2) is 7.83. The van der Waals surface area contributed by atoms with Gasteiger partial charge in [-0.3, -0.25) is 4.79 Å². The van der Waals surface area contributed by atoms with Crippen LogP contribution in [0.3, 0.4) is 0 Å². The maximum absolute atomic E-state index is 13.5. The molecule has 0 saturated heterocycles. The van der Waals surface area contributed by atoms with Gasteiger partial charge in [0.1, 0.15) is 17.4 Å². The van der Waals surface area contributed by atoms with E-state index >= 15 is 0 Å². The van der Waals surface area contributed by atoms with E-state index in [0.29, 0.717) is 5.56 Å². The van der Waals surface area contributed by atoms with Crippen LogP contribution in [0.1, 0.15) is 21.5 Å². The number of hydrogen-bond acceptors (Lipinski definition) is 4. The molecule has 150 valence electrons. The Morgan fingerprint density at radius 3 is 2.28 bits per heavy atom. The van der Waals surface area contributed by atoms with Gasteiger partial charge in [-0.2, -0.15) is 13.2 Å². The summed E-state index contributed by atoms with van der Waals surface area (Å²) in [5, 5.41) is 2.59. The van der Waals surface area contributed by atoms with Crippen molar-refractivity contribution in [3.63, 3.8) is 0 Å². The van der Waals surface area contributed by atoms with E-state index in [1.807, 2.05) is 6.92 Å². The fourth-order valence-corrected chi connectivity index (χ4v) is 2.79. The third-order valence-corrected chi connectivity index (χ3v) is 4.30. The highest BCUT2D eigenvalue weighted by Crippen LogP contribution is 2.40. The summed E-state index contributed by atoms with van der Waals surface area (Å²) in [6.07, 6.45) is -4.60. The molecule has 0 saturated carbocycles. The molecule has 5 nitrogen and oxygen atoms in total. The Hall–Kier alpha value is -3.55. The number of amides is 1. The zero-order chi connectivity index (χ0) is 21.2. The Morgan fingerprint density at radius 2 is 1.69 bits per heavy atom. The number of ether oxygens (including phenoxy) is 1. The van der Waals surface area contributed by atoms with Crippen LogP contribution in [-0.2, 0) is 6.18 Å². The van der Waals surface area contributed by atoms with Crippen LogP contribution in [0.5, 0.6) is 5.75 Å². The predicted molar refractivity (Wildman–Crippen MR) is 105 cm³/mol. The van der Waals surface area contributed by atoms with Crippen molar-refractivity contribution in [2.45, 2.75) is 13.1 Å². The standard InChI is InChI=1S/C21H18F3N3O2/c1-12-3-5-13(6-4-12)20(28)27-18-10-9-16(19(25)26-18)15-8-7-14(29-2)11-17(15)21(22,23)24/h3-11H,1-2H3,(H3,25,26,27,28). The van der Waals surface area contributed by atoms with Crippen molar-refractivity contribution >= 4 is 17.5 Å². The highest BCUT2D eigenvalue weighted by molar-refractivity contribution is 6.04. The number of methoxy groups -OCH3 is 1. The molecule has 0 unspecified atom stereocenters. The summed E-state index contributed by atoms with van der Waals surface area (Å²) in [7, 11) is 1.29. The Morgan fingerprint density at radius 1 is 1.03 bits per heavy atom. The molecule has 1 amide bonds. The zero-order valence-electron chi connectivity index (χ0n) is 15.7. The Labute approximate surface area is 165 Å². The number of carbonyl (C=O) groups excluding carboxylic acids is 1. The molecule has 3 aromatic rings. The first-order valence-electron chi connectivity index (χ1n) is 8.59. The van der Waals surface area contributed by atoms with Crippen LogP contribution >= 0.6 is 0 Å². The van der Waals surface area contributed by atoms with Gasteiger partial charge in [0.25, 0.3) is 5.91 Å². The van der Waals surface area contributed by atoms with Crippen molar-refractivity contribution < 1.29 is 22.7 Å². The van der Waals surface area contributed by atoms with E-state index in [-0.39, 0.29) is 28.5 Å². The SMILES string of the molecule is COc1ccc(-c2ccc(NC(=O)c3ccc(C)cc3)nc2N)c(C(F)(F)F)c1. The third-order valence-electron chi connectivity index (χ3n) is 4.30. The summed E-state index contributed by atoms with van der Waals surface area (Å²) in [6.45, 7) is 1.90. The van der Waals surface area contributed by atoms with E-state index in [0.717, 1.165) is 11.6 Å². The van der Waals surface area contributed by atoms with Crippen molar-refractivity contribution in [1.29, 1.82) is 0 Å². The van der Waals surface area contributed by atoms with Gasteiger partial charge < -0.3 is 15.8 Å². The highest BCUT2D eigenvalue weighted by Gasteiger charge is 2.34. The number of nitrogen functional groups attached to an aromatic ring is 1. The lowest BCUT2D eigenvalue weighted by molar-refractivity contribution is -0.137. The smallest absolute Gasteiger partial charge is 0.417 e. The molecular weight excluding hydrogens is 383 g/mol. The van der Waals surface area contributed by atoms with Crippen LogP contribution < -0.4 is 15.8 Å². The Bertz CT molecular complexity index is 1050. The lowest BCUT2D eigenvalue weighted by atomic mass is 9.99. The molecule has 2 aromatic carbocycles. The van der Waals surface area contributed by atoms with Crippen molar-refractivity contribution in [1.82, 2.24) is 4.98 Å². The quantitative estimate of drug-likeness (QED) is 0.651. The van der Waals surface area contributed by atoms with Crippen molar-refractivity contribution in [3.8, 4) is 16.9 Å². The molecule has 0 atom stereocenters. The summed E-state index contributed by atoms with van der Waals surface area (Å²) >= 11 is 0. The van der Waals surface area contributed by atoms with E-state index in [1.165, 1.54) is 31.4 Å². The molecule has 0 bridgehead atoms. The van der Waals surface area contributed by atoms with Gasteiger partial charge in [-0.15, -0.1) is 0 Å². The molecular formula is C21H18F3N3O2. The topological polar surface area (TPSA) is 77.2 Å². The van der Waals surface area contributed by atoms with Gasteiger partial charge in [-0.05, 0) is 55.0 Å². The molecule has 0 fully saturated rings. The number of halogens is 3. The number of aromatic nitrogens is 1. The fourth-order valence-electron chi connectivity index (χ4n) is 2.79. The van der Waals surface area contributed by atoms with Gasteiger partial charge in [-0.1, -0.05) is 17.7 Å². The average molecular weight is 401 g/mol. The van der Waals surface area contributed by atoms with Gasteiger partial charge >= 0.3 is 6.18 Å². The molecule has 0 radical (unpaired) electrons. The first-order chi connectivity index (χ1) is 13.7. The first-order valence-corrected chi connectivity index (χ1v) is 8.59. The normalized spacial score (nSPS) is 11.2. The molecule has 0 aliphatic heterocycles.